The molecule has 8 heteroatoms. The average Bonchev–Trinajstić information content (AvgIpc) is 3.42. The van der Waals surface area contributed by atoms with Crippen LogP contribution in [0.4, 0.5) is 5.69 Å². The largest absolute Gasteiger partial charge is 0.349 e. The Morgan fingerprint density at radius 1 is 0.857 bits per heavy atom. The number of fused-ring (bicyclic) bond motifs is 3. The number of imide groups is 1. The molecule has 2 heterocycles. The molecule has 6 nitrogen and oxygen atoms in total. The Morgan fingerprint density at radius 3 is 2.11 bits per heavy atom. The average molecular weight is 551 g/mol. The predicted octanol–water partition coefficient (Wildman–Crippen LogP) is 5.11. The van der Waals surface area contributed by atoms with E-state index in [1.165, 1.54) is 0 Å². The van der Waals surface area contributed by atoms with Gasteiger partial charge in [0.15, 0.2) is 0 Å². The molecule has 3 aromatic carbocycles. The third-order valence-corrected chi connectivity index (χ3v) is 8.14. The monoisotopic (exact) mass is 549 g/mol. The van der Waals surface area contributed by atoms with E-state index in [0.29, 0.717) is 21.8 Å². The number of anilines is 1. The van der Waals surface area contributed by atoms with Gasteiger partial charge in [0.25, 0.3) is 0 Å². The molecule has 0 aromatic heterocycles. The minimum Gasteiger partial charge on any atom is -0.349 e. The van der Waals surface area contributed by atoms with Crippen molar-refractivity contribution in [1.29, 1.82) is 0 Å². The normalized spacial score (nSPS) is 24.4. The molecule has 0 radical (unpaired) electrons. The summed E-state index contributed by atoms with van der Waals surface area (Å²) in [5.74, 6) is -4.68. The number of benzene rings is 3. The molecule has 0 bridgehead atoms. The van der Waals surface area contributed by atoms with Gasteiger partial charge in [0.05, 0.1) is 23.6 Å². The second kappa shape index (κ2) is 7.68. The number of halogens is 2. The van der Waals surface area contributed by atoms with E-state index >= 15 is 0 Å². The first-order valence-electron chi connectivity index (χ1n) is 11.0. The van der Waals surface area contributed by atoms with Gasteiger partial charge < -0.3 is 4.74 Å². The molecule has 1 aliphatic carbocycles. The van der Waals surface area contributed by atoms with Crippen molar-refractivity contribution in [3.8, 4) is 0 Å². The van der Waals surface area contributed by atoms with Gasteiger partial charge in [0, 0.05) is 20.6 Å². The molecular formula is C27H17BrClNO5. The quantitative estimate of drug-likeness (QED) is 0.327. The zero-order valence-corrected chi connectivity index (χ0v) is 20.7. The highest BCUT2D eigenvalue weighted by atomic mass is 79.9. The number of Topliss-reactive ketones (excluding diaryl/α,β-unsaturated/α-hetero) is 2. The van der Waals surface area contributed by atoms with Crippen LogP contribution in [-0.4, -0.2) is 29.0 Å². The lowest BCUT2D eigenvalue weighted by Crippen LogP contribution is -2.51. The van der Waals surface area contributed by atoms with Crippen LogP contribution in [0.25, 0.3) is 0 Å². The number of ketones is 2. The van der Waals surface area contributed by atoms with Crippen molar-refractivity contribution in [2.45, 2.75) is 18.6 Å². The van der Waals surface area contributed by atoms with E-state index in [0.717, 1.165) is 9.37 Å². The maximum atomic E-state index is 14.0. The van der Waals surface area contributed by atoms with Crippen molar-refractivity contribution < 1.29 is 23.9 Å². The summed E-state index contributed by atoms with van der Waals surface area (Å²) in [5, 5.41) is 0.399. The molecule has 3 atom stereocenters. The Bertz CT molecular complexity index is 1430. The smallest absolute Gasteiger partial charge is 0.241 e. The van der Waals surface area contributed by atoms with Gasteiger partial charge in [-0.25, -0.2) is 4.90 Å². The summed E-state index contributed by atoms with van der Waals surface area (Å²) in [6.45, 7) is 1.71. The molecule has 2 fully saturated rings. The van der Waals surface area contributed by atoms with E-state index in [1.54, 1.807) is 73.7 Å². The van der Waals surface area contributed by atoms with Crippen molar-refractivity contribution in [3.05, 3.63) is 98.5 Å². The van der Waals surface area contributed by atoms with Gasteiger partial charge in [-0.05, 0) is 42.3 Å². The zero-order chi connectivity index (χ0) is 24.6. The van der Waals surface area contributed by atoms with Crippen molar-refractivity contribution in [2.24, 2.45) is 11.8 Å². The Hall–Kier alpha value is -3.13. The first-order chi connectivity index (χ1) is 16.8. The van der Waals surface area contributed by atoms with Crippen LogP contribution in [-0.2, 0) is 14.3 Å². The van der Waals surface area contributed by atoms with Crippen molar-refractivity contribution in [3.63, 3.8) is 0 Å². The van der Waals surface area contributed by atoms with Crippen LogP contribution in [0.15, 0.2) is 71.2 Å². The van der Waals surface area contributed by atoms with Gasteiger partial charge in [-0.3, -0.25) is 19.2 Å². The van der Waals surface area contributed by atoms with Crippen LogP contribution in [0, 0.1) is 18.8 Å². The fourth-order valence-electron chi connectivity index (χ4n) is 5.55. The lowest BCUT2D eigenvalue weighted by molar-refractivity contribution is -0.127. The highest BCUT2D eigenvalue weighted by Crippen LogP contribution is 2.58. The first kappa shape index (κ1) is 22.3. The number of hydrogen-bond acceptors (Lipinski definition) is 5. The van der Waals surface area contributed by atoms with Gasteiger partial charge in [-0.1, -0.05) is 70.0 Å². The minimum atomic E-state index is -2.10. The number of amides is 2. The van der Waals surface area contributed by atoms with Crippen LogP contribution >= 0.6 is 27.5 Å². The van der Waals surface area contributed by atoms with E-state index in [2.05, 4.69) is 15.9 Å². The first-order valence-corrected chi connectivity index (χ1v) is 12.2. The molecule has 0 unspecified atom stereocenters. The summed E-state index contributed by atoms with van der Waals surface area (Å²) >= 11 is 9.68. The number of ether oxygens (including phenoxy) is 1. The van der Waals surface area contributed by atoms with Crippen LogP contribution in [0.2, 0.25) is 5.02 Å². The van der Waals surface area contributed by atoms with Crippen LogP contribution in [0.1, 0.15) is 37.9 Å². The minimum absolute atomic E-state index is 0.199. The van der Waals surface area contributed by atoms with Gasteiger partial charge >= 0.3 is 0 Å². The highest BCUT2D eigenvalue weighted by molar-refractivity contribution is 9.10. The Kier molecular flexibility index (Phi) is 4.90. The molecule has 3 aliphatic rings. The summed E-state index contributed by atoms with van der Waals surface area (Å²) in [6.07, 6.45) is -0.962. The maximum absolute atomic E-state index is 14.0. The van der Waals surface area contributed by atoms with E-state index in [9.17, 15) is 19.2 Å². The molecule has 2 aliphatic heterocycles. The standard InChI is InChI=1S/C27H17BrClNO5/c1-13-18(29)7-4-8-19(13)30-25(33)20-21(26(30)34)27(35-22(20)14-9-11-15(28)12-10-14)23(31)16-5-2-3-6-17(16)24(27)32/h2-12,20-22H,1H3/t20-,21-,22+/m0/s1. The summed E-state index contributed by atoms with van der Waals surface area (Å²) in [4.78, 5) is 56.4. The van der Waals surface area contributed by atoms with Gasteiger partial charge in [0.2, 0.25) is 29.0 Å². The zero-order valence-electron chi connectivity index (χ0n) is 18.3. The second-order valence-corrected chi connectivity index (χ2v) is 10.3. The number of rotatable bonds is 2. The third-order valence-electron chi connectivity index (χ3n) is 7.20. The van der Waals surface area contributed by atoms with Crippen molar-refractivity contribution in [2.75, 3.05) is 4.90 Å². The molecule has 174 valence electrons. The van der Waals surface area contributed by atoms with Crippen molar-refractivity contribution in [1.82, 2.24) is 0 Å². The van der Waals surface area contributed by atoms with Crippen LogP contribution in [0.3, 0.4) is 0 Å². The molecule has 3 aromatic rings. The lowest BCUT2D eigenvalue weighted by Gasteiger charge is -2.27. The molecular weight excluding hydrogens is 534 g/mol. The highest BCUT2D eigenvalue weighted by Gasteiger charge is 2.74. The number of carbonyl (C=O) groups is 4. The SMILES string of the molecule is Cc1c(Cl)cccc1N1C(=O)[C@@H]2[C@@H](c3ccc(Br)cc3)OC3(C(=O)c4ccccc4C3=O)[C@@H]2C1=O. The summed E-state index contributed by atoms with van der Waals surface area (Å²) < 4.78 is 7.10. The fourth-order valence-corrected chi connectivity index (χ4v) is 5.98. The lowest BCUT2D eigenvalue weighted by atomic mass is 9.77. The Labute approximate surface area is 214 Å². The fraction of sp³-hybridized carbons (Fsp3) is 0.185. The third kappa shape index (κ3) is 2.86. The summed E-state index contributed by atoms with van der Waals surface area (Å²) in [5.41, 5.74) is -0.210. The van der Waals surface area contributed by atoms with Gasteiger partial charge in [-0.15, -0.1) is 0 Å². The molecule has 2 amide bonds. The number of carbonyl (C=O) groups excluding carboxylic acids is 4. The molecule has 2 saturated heterocycles. The van der Waals surface area contributed by atoms with Crippen molar-refractivity contribution >= 4 is 56.6 Å². The molecule has 1 spiro atoms. The second-order valence-electron chi connectivity index (χ2n) is 8.93. The maximum Gasteiger partial charge on any atom is 0.241 e. The molecule has 0 saturated carbocycles. The van der Waals surface area contributed by atoms with Gasteiger partial charge in [0.1, 0.15) is 0 Å². The summed E-state index contributed by atoms with van der Waals surface area (Å²) in [6, 6.07) is 18.5. The Balaban J connectivity index is 1.56. The number of nitrogens with zero attached hydrogens (tertiary/aromatic N) is 1. The number of hydrogen-bond donors (Lipinski definition) is 0. The van der Waals surface area contributed by atoms with E-state index in [-0.39, 0.29) is 11.1 Å². The van der Waals surface area contributed by atoms with Gasteiger partial charge in [-0.2, -0.15) is 0 Å². The van der Waals surface area contributed by atoms with E-state index < -0.39 is 46.9 Å². The van der Waals surface area contributed by atoms with Crippen LogP contribution < -0.4 is 4.90 Å². The van der Waals surface area contributed by atoms with E-state index in [4.69, 9.17) is 16.3 Å². The molecule has 0 N–H and O–H groups in total. The van der Waals surface area contributed by atoms with E-state index in [1.807, 2.05) is 0 Å². The van der Waals surface area contributed by atoms with Crippen LogP contribution in [0.5, 0.6) is 0 Å². The predicted molar refractivity (Wildman–Crippen MR) is 131 cm³/mol. The summed E-state index contributed by atoms with van der Waals surface area (Å²) in [7, 11) is 0. The Morgan fingerprint density at radius 2 is 1.49 bits per heavy atom. The molecule has 6 rings (SSSR count). The molecule has 35 heavy (non-hydrogen) atoms. The topological polar surface area (TPSA) is 80.8 Å².